The largest absolute Gasteiger partial charge is 0.496 e. The highest BCUT2D eigenvalue weighted by Crippen LogP contribution is 2.46. The van der Waals surface area contributed by atoms with Crippen molar-refractivity contribution in [3.63, 3.8) is 0 Å². The number of carbonyl (C=O) groups is 2. The highest BCUT2D eigenvalue weighted by atomic mass is 19.4. The summed E-state index contributed by atoms with van der Waals surface area (Å²) in [5.74, 6) is 0.202. The Balaban J connectivity index is 1.70. The zero-order chi connectivity index (χ0) is 35.8. The van der Waals surface area contributed by atoms with Gasteiger partial charge in [0.15, 0.2) is 0 Å². The molecule has 1 amide bonds. The molecule has 7 nitrogen and oxygen atoms in total. The van der Waals surface area contributed by atoms with Crippen LogP contribution in [0.3, 0.4) is 0 Å². The average Bonchev–Trinajstić information content (AvgIpc) is 3.27. The van der Waals surface area contributed by atoms with Crippen LogP contribution in [0.5, 0.6) is 5.75 Å². The summed E-state index contributed by atoms with van der Waals surface area (Å²) in [6.07, 6.45) is -10.2. The number of esters is 1. The number of carbonyl (C=O) groups excluding carboxylic acids is 2. The molecule has 1 N–H and O–H groups in total. The fourth-order valence-electron chi connectivity index (χ4n) is 6.44. The number of allylic oxidation sites excluding steroid dienone is 1. The van der Waals surface area contributed by atoms with Crippen molar-refractivity contribution < 1.29 is 50.1 Å². The minimum atomic E-state index is -5.03. The van der Waals surface area contributed by atoms with Gasteiger partial charge in [0.25, 0.3) is 0 Å². The molecule has 2 aliphatic rings. The minimum Gasteiger partial charge on any atom is -0.496 e. The van der Waals surface area contributed by atoms with Crippen molar-refractivity contribution in [2.24, 2.45) is 11.3 Å². The Morgan fingerprint density at radius 1 is 1.04 bits per heavy atom. The van der Waals surface area contributed by atoms with Crippen molar-refractivity contribution in [3.05, 3.63) is 69.8 Å². The lowest BCUT2D eigenvalue weighted by Crippen LogP contribution is -2.41. The number of benzene rings is 2. The predicted octanol–water partition coefficient (Wildman–Crippen LogP) is 8.57. The third kappa shape index (κ3) is 8.27. The number of amides is 1. The van der Waals surface area contributed by atoms with Gasteiger partial charge < -0.3 is 19.5 Å². The Kier molecular flexibility index (Phi) is 10.8. The lowest BCUT2D eigenvalue weighted by atomic mass is 9.72. The normalized spacial score (nSPS) is 20.6. The molecule has 2 aromatic carbocycles. The smallest absolute Gasteiger partial charge is 0.416 e. The molecule has 48 heavy (non-hydrogen) atoms. The quantitative estimate of drug-likeness (QED) is 0.200. The van der Waals surface area contributed by atoms with Gasteiger partial charge in [-0.3, -0.25) is 9.69 Å². The molecule has 0 spiro atoms. The third-order valence-corrected chi connectivity index (χ3v) is 9.10. The van der Waals surface area contributed by atoms with E-state index in [0.717, 1.165) is 28.7 Å². The fraction of sp³-hybridized carbons (Fsp3) is 0.543. The number of hydrogen-bond donors (Lipinski definition) is 1. The van der Waals surface area contributed by atoms with E-state index in [1.165, 1.54) is 12.0 Å². The van der Waals surface area contributed by atoms with E-state index in [0.29, 0.717) is 37.3 Å². The third-order valence-electron chi connectivity index (χ3n) is 9.10. The summed E-state index contributed by atoms with van der Waals surface area (Å²) in [5, 5.41) is 3.25. The highest BCUT2D eigenvalue weighted by Gasteiger charge is 2.44. The topological polar surface area (TPSA) is 77.1 Å². The Morgan fingerprint density at radius 3 is 2.21 bits per heavy atom. The molecule has 1 fully saturated rings. The number of methoxy groups -OCH3 is 2. The van der Waals surface area contributed by atoms with Gasteiger partial charge in [-0.2, -0.15) is 26.3 Å². The monoisotopic (exact) mass is 684 g/mol. The van der Waals surface area contributed by atoms with Gasteiger partial charge in [-0.25, -0.2) is 4.79 Å². The van der Waals surface area contributed by atoms with Crippen LogP contribution in [-0.2, 0) is 33.2 Å². The van der Waals surface area contributed by atoms with Gasteiger partial charge in [0.2, 0.25) is 0 Å². The van der Waals surface area contributed by atoms with Crippen LogP contribution in [0.1, 0.15) is 87.8 Å². The van der Waals surface area contributed by atoms with Crippen LogP contribution in [0.4, 0.5) is 31.1 Å². The van der Waals surface area contributed by atoms with E-state index in [2.05, 4.69) is 19.2 Å². The molecule has 13 heteroatoms. The predicted molar refractivity (Wildman–Crippen MR) is 167 cm³/mol. The first kappa shape index (κ1) is 37.1. The summed E-state index contributed by atoms with van der Waals surface area (Å²) in [6, 6.07) is 5.55. The lowest BCUT2D eigenvalue weighted by Gasteiger charge is -2.36. The van der Waals surface area contributed by atoms with Gasteiger partial charge >= 0.3 is 24.4 Å². The van der Waals surface area contributed by atoms with Crippen molar-refractivity contribution in [2.75, 3.05) is 20.8 Å². The molecule has 1 aliphatic heterocycles. The van der Waals surface area contributed by atoms with E-state index >= 15 is 0 Å². The Hall–Kier alpha value is -3.74. The lowest BCUT2D eigenvalue weighted by molar-refractivity contribution is -0.145. The average molecular weight is 685 g/mol. The van der Waals surface area contributed by atoms with E-state index in [-0.39, 0.29) is 35.5 Å². The molecule has 1 aliphatic carbocycles. The number of cyclic esters (lactones) is 1. The van der Waals surface area contributed by atoms with E-state index in [1.54, 1.807) is 14.0 Å². The maximum Gasteiger partial charge on any atom is 0.416 e. The Labute approximate surface area is 276 Å². The summed E-state index contributed by atoms with van der Waals surface area (Å²) in [4.78, 5) is 26.9. The molecule has 0 aromatic heterocycles. The van der Waals surface area contributed by atoms with Crippen molar-refractivity contribution in [1.82, 2.24) is 10.2 Å². The molecular formula is C35H42F6N2O5. The van der Waals surface area contributed by atoms with Crippen LogP contribution < -0.4 is 10.1 Å². The number of halogens is 6. The molecule has 3 atom stereocenters. The fourth-order valence-corrected chi connectivity index (χ4v) is 6.44. The van der Waals surface area contributed by atoms with Crippen LogP contribution in [0.15, 0.2) is 42.0 Å². The Morgan fingerprint density at radius 2 is 1.67 bits per heavy atom. The van der Waals surface area contributed by atoms with Crippen molar-refractivity contribution in [1.29, 1.82) is 0 Å². The van der Waals surface area contributed by atoms with Gasteiger partial charge in [-0.05, 0) is 90.1 Å². The van der Waals surface area contributed by atoms with Crippen LogP contribution in [-0.4, -0.2) is 49.8 Å². The molecule has 0 bridgehead atoms. The molecule has 2 aromatic rings. The summed E-state index contributed by atoms with van der Waals surface area (Å²) < 4.78 is 97.7. The first-order valence-electron chi connectivity index (χ1n) is 15.7. The van der Waals surface area contributed by atoms with Crippen molar-refractivity contribution in [3.8, 4) is 5.75 Å². The summed E-state index contributed by atoms with van der Waals surface area (Å²) >= 11 is 0. The maximum atomic E-state index is 13.6. The molecule has 0 radical (unpaired) electrons. The van der Waals surface area contributed by atoms with Gasteiger partial charge in [-0.1, -0.05) is 33.8 Å². The molecule has 264 valence electrons. The van der Waals surface area contributed by atoms with Crippen LogP contribution in [0.25, 0.3) is 5.57 Å². The zero-order valence-electron chi connectivity index (χ0n) is 28.1. The van der Waals surface area contributed by atoms with Crippen molar-refractivity contribution >= 4 is 17.6 Å². The molecule has 1 saturated heterocycles. The number of rotatable bonds is 10. The van der Waals surface area contributed by atoms with E-state index in [1.807, 2.05) is 32.0 Å². The molecule has 1 heterocycles. The minimum absolute atomic E-state index is 0.0212. The van der Waals surface area contributed by atoms with Crippen LogP contribution in [0.2, 0.25) is 0 Å². The number of alkyl halides is 6. The SMILES string of the molecule is COC(=O)C(NCc1ccc(OC)c(C2=C(CN3C(=O)O[C@H](c4cc(C(F)(F)F)cc(C(F)(F)F)c4)[C@@H]3C)CC(C)(C)CC2)c1)C(C)C. The van der Waals surface area contributed by atoms with E-state index in [4.69, 9.17) is 14.2 Å². The number of hydrogen-bond acceptors (Lipinski definition) is 6. The second-order valence-corrected chi connectivity index (χ2v) is 13.6. The molecule has 4 rings (SSSR count). The van der Waals surface area contributed by atoms with E-state index < -0.39 is 47.8 Å². The van der Waals surface area contributed by atoms with Gasteiger partial charge in [0.05, 0.1) is 31.4 Å². The first-order chi connectivity index (χ1) is 22.3. The number of nitrogens with zero attached hydrogens (tertiary/aromatic N) is 1. The summed E-state index contributed by atoms with van der Waals surface area (Å²) in [6.45, 7) is 9.97. The highest BCUT2D eigenvalue weighted by molar-refractivity contribution is 5.77. The number of nitrogens with one attached hydrogen (secondary N) is 1. The van der Waals surface area contributed by atoms with Crippen LogP contribution in [0, 0.1) is 11.3 Å². The zero-order valence-corrected chi connectivity index (χ0v) is 28.1. The molecule has 1 unspecified atom stereocenters. The standard InChI is InChI=1S/C35H42F6N2O5/c1-19(2)29(31(44)47-7)42-17-21-8-9-28(46-6)27(12-21)26-10-11-33(4,5)16-23(26)18-43-20(3)30(48-32(43)45)22-13-24(34(36,37)38)15-25(14-22)35(39,40)41/h8-9,12-15,19-20,29-30,42H,10-11,16-18H2,1-7H3/t20-,29?,30-/m0/s1. The van der Waals surface area contributed by atoms with E-state index in [9.17, 15) is 35.9 Å². The van der Waals surface area contributed by atoms with Crippen LogP contribution >= 0.6 is 0 Å². The number of ether oxygens (including phenoxy) is 3. The first-order valence-corrected chi connectivity index (χ1v) is 15.7. The summed E-state index contributed by atoms with van der Waals surface area (Å²) in [7, 11) is 2.88. The molecule has 0 saturated carbocycles. The Bertz CT molecular complexity index is 1520. The van der Waals surface area contributed by atoms with Gasteiger partial charge in [0.1, 0.15) is 17.9 Å². The van der Waals surface area contributed by atoms with Gasteiger partial charge in [-0.15, -0.1) is 0 Å². The molecular weight excluding hydrogens is 642 g/mol. The summed E-state index contributed by atoms with van der Waals surface area (Å²) in [5.41, 5.74) is 0.0124. The van der Waals surface area contributed by atoms with Crippen molar-refractivity contribution in [2.45, 2.75) is 91.0 Å². The second-order valence-electron chi connectivity index (χ2n) is 13.6. The second kappa shape index (κ2) is 14.0. The van der Waals surface area contributed by atoms with Gasteiger partial charge in [0, 0.05) is 18.7 Å². The maximum absolute atomic E-state index is 13.6.